The summed E-state index contributed by atoms with van der Waals surface area (Å²) in [7, 11) is 0. The second-order valence-electron chi connectivity index (χ2n) is 3.19. The number of benzene rings is 1. The molecule has 0 aliphatic carbocycles. The average Bonchev–Trinajstić information content (AvgIpc) is 2.78. The molecule has 6 nitrogen and oxygen atoms in total. The van der Waals surface area contributed by atoms with Gasteiger partial charge >= 0.3 is 6.01 Å². The zero-order chi connectivity index (χ0) is 11.4. The number of rotatable bonds is 4. The van der Waals surface area contributed by atoms with Crippen LogP contribution >= 0.6 is 0 Å². The Kier molecular flexibility index (Phi) is 3.13. The molecule has 0 fully saturated rings. The Morgan fingerprint density at radius 2 is 2.00 bits per heavy atom. The molecule has 6 heteroatoms. The Bertz CT molecular complexity index is 452. The highest BCUT2D eigenvalue weighted by Gasteiger charge is 2.03. The molecule has 1 aromatic carbocycles. The molecule has 0 unspecified atom stereocenters. The third-order valence-electron chi connectivity index (χ3n) is 2.03. The van der Waals surface area contributed by atoms with Gasteiger partial charge in [-0.1, -0.05) is 17.2 Å². The van der Waals surface area contributed by atoms with Gasteiger partial charge in [-0.2, -0.15) is 0 Å². The normalized spacial score (nSPS) is 10.4. The Labute approximate surface area is 92.1 Å². The van der Waals surface area contributed by atoms with Gasteiger partial charge in [0.25, 0.3) is 0 Å². The molecule has 2 aromatic rings. The minimum atomic E-state index is 0.0260. The maximum absolute atomic E-state index is 8.88. The van der Waals surface area contributed by atoms with Gasteiger partial charge < -0.3 is 20.6 Å². The van der Waals surface area contributed by atoms with Crippen molar-refractivity contribution in [3.63, 3.8) is 0 Å². The summed E-state index contributed by atoms with van der Waals surface area (Å²) in [5, 5.41) is 19.3. The van der Waals surface area contributed by atoms with Gasteiger partial charge in [0.15, 0.2) is 0 Å². The number of nitrogens with two attached hydrogens (primary N) is 1. The summed E-state index contributed by atoms with van der Waals surface area (Å²) in [6.07, 6.45) is 0. The molecule has 1 aromatic heterocycles. The fraction of sp³-hybridized carbons (Fsp3) is 0.200. The van der Waals surface area contributed by atoms with Crippen molar-refractivity contribution in [1.82, 2.24) is 10.2 Å². The lowest BCUT2D eigenvalue weighted by atomic mass is 10.2. The van der Waals surface area contributed by atoms with E-state index in [1.807, 2.05) is 24.3 Å². The minimum absolute atomic E-state index is 0.0260. The van der Waals surface area contributed by atoms with Crippen LogP contribution in [0.15, 0.2) is 28.7 Å². The van der Waals surface area contributed by atoms with Crippen molar-refractivity contribution in [2.24, 2.45) is 5.73 Å². The zero-order valence-electron chi connectivity index (χ0n) is 8.55. The Morgan fingerprint density at radius 3 is 2.56 bits per heavy atom. The van der Waals surface area contributed by atoms with Gasteiger partial charge in [0.1, 0.15) is 0 Å². The van der Waals surface area contributed by atoms with Gasteiger partial charge in [-0.3, -0.25) is 0 Å². The standard InChI is InChI=1S/C10H12N4O2/c11-5-9-13-14-10(16-9)12-8-3-1-7(6-15)2-4-8/h1-4,15H,5-6,11H2,(H,12,14). The van der Waals surface area contributed by atoms with Crippen LogP contribution in [0.2, 0.25) is 0 Å². The fourth-order valence-corrected chi connectivity index (χ4v) is 1.20. The van der Waals surface area contributed by atoms with Crippen molar-refractivity contribution < 1.29 is 9.52 Å². The number of aliphatic hydroxyl groups is 1. The van der Waals surface area contributed by atoms with Crippen LogP contribution in [0.1, 0.15) is 11.5 Å². The fourth-order valence-electron chi connectivity index (χ4n) is 1.20. The van der Waals surface area contributed by atoms with E-state index < -0.39 is 0 Å². The molecular formula is C10H12N4O2. The van der Waals surface area contributed by atoms with Crippen LogP contribution in [-0.4, -0.2) is 15.3 Å². The van der Waals surface area contributed by atoms with Crippen molar-refractivity contribution >= 4 is 11.7 Å². The summed E-state index contributed by atoms with van der Waals surface area (Å²) in [6.45, 7) is 0.246. The molecule has 0 saturated heterocycles. The van der Waals surface area contributed by atoms with Crippen LogP contribution in [0, 0.1) is 0 Å². The molecule has 1 heterocycles. The van der Waals surface area contributed by atoms with Crippen molar-refractivity contribution in [3.8, 4) is 0 Å². The lowest BCUT2D eigenvalue weighted by Gasteiger charge is -2.01. The second kappa shape index (κ2) is 4.73. The van der Waals surface area contributed by atoms with Crippen LogP contribution in [-0.2, 0) is 13.2 Å². The highest BCUT2D eigenvalue weighted by molar-refractivity contribution is 5.52. The van der Waals surface area contributed by atoms with Crippen molar-refractivity contribution in [1.29, 1.82) is 0 Å². The topological polar surface area (TPSA) is 97.2 Å². The van der Waals surface area contributed by atoms with Gasteiger partial charge in [-0.05, 0) is 17.7 Å². The maximum Gasteiger partial charge on any atom is 0.320 e. The third-order valence-corrected chi connectivity index (χ3v) is 2.03. The Hall–Kier alpha value is -1.92. The number of anilines is 2. The van der Waals surface area contributed by atoms with Gasteiger partial charge in [0, 0.05) is 5.69 Å². The molecule has 2 rings (SSSR count). The van der Waals surface area contributed by atoms with E-state index in [4.69, 9.17) is 15.3 Å². The number of nitrogens with one attached hydrogen (secondary N) is 1. The molecule has 0 amide bonds. The van der Waals surface area contributed by atoms with E-state index in [1.54, 1.807) is 0 Å². The predicted octanol–water partition coefficient (Wildman–Crippen LogP) is 0.764. The molecular weight excluding hydrogens is 208 g/mol. The van der Waals surface area contributed by atoms with Crippen LogP contribution in [0.4, 0.5) is 11.7 Å². The molecule has 0 spiro atoms. The highest BCUT2D eigenvalue weighted by atomic mass is 16.4. The van der Waals surface area contributed by atoms with E-state index in [0.29, 0.717) is 11.9 Å². The summed E-state index contributed by atoms with van der Waals surface area (Å²) in [5.41, 5.74) is 7.00. The predicted molar refractivity (Wildman–Crippen MR) is 57.8 cm³/mol. The quantitative estimate of drug-likeness (QED) is 0.704. The van der Waals surface area contributed by atoms with E-state index in [2.05, 4.69) is 15.5 Å². The largest absolute Gasteiger partial charge is 0.406 e. The first kappa shape index (κ1) is 10.6. The maximum atomic E-state index is 8.88. The molecule has 0 atom stereocenters. The average molecular weight is 220 g/mol. The first-order valence-corrected chi connectivity index (χ1v) is 4.81. The van der Waals surface area contributed by atoms with Gasteiger partial charge in [-0.25, -0.2) is 0 Å². The lowest BCUT2D eigenvalue weighted by molar-refractivity contribution is 0.282. The molecule has 4 N–H and O–H groups in total. The highest BCUT2D eigenvalue weighted by Crippen LogP contribution is 2.15. The molecule has 0 radical (unpaired) electrons. The van der Waals surface area contributed by atoms with Crippen LogP contribution in [0.25, 0.3) is 0 Å². The van der Waals surface area contributed by atoms with Gasteiger partial charge in [0.2, 0.25) is 5.89 Å². The number of aromatic nitrogens is 2. The zero-order valence-corrected chi connectivity index (χ0v) is 8.55. The SMILES string of the molecule is NCc1nnc(Nc2ccc(CO)cc2)o1. The van der Waals surface area contributed by atoms with Crippen molar-refractivity contribution in [3.05, 3.63) is 35.7 Å². The lowest BCUT2D eigenvalue weighted by Crippen LogP contribution is -1.95. The number of hydrogen-bond donors (Lipinski definition) is 3. The van der Waals surface area contributed by atoms with Gasteiger partial charge in [0.05, 0.1) is 13.2 Å². The second-order valence-corrected chi connectivity index (χ2v) is 3.19. The van der Waals surface area contributed by atoms with E-state index in [-0.39, 0.29) is 13.2 Å². The van der Waals surface area contributed by atoms with Crippen LogP contribution < -0.4 is 11.1 Å². The molecule has 0 aliphatic rings. The van der Waals surface area contributed by atoms with E-state index in [0.717, 1.165) is 11.3 Å². The first-order valence-electron chi connectivity index (χ1n) is 4.81. The summed E-state index contributed by atoms with van der Waals surface area (Å²) in [6, 6.07) is 7.55. The van der Waals surface area contributed by atoms with Crippen molar-refractivity contribution in [2.75, 3.05) is 5.32 Å². The Balaban J connectivity index is 2.08. The molecule has 0 aliphatic heterocycles. The summed E-state index contributed by atoms with van der Waals surface area (Å²) in [5.74, 6) is 0.384. The smallest absolute Gasteiger partial charge is 0.320 e. The van der Waals surface area contributed by atoms with Crippen LogP contribution in [0.3, 0.4) is 0 Å². The molecule has 16 heavy (non-hydrogen) atoms. The van der Waals surface area contributed by atoms with E-state index in [1.165, 1.54) is 0 Å². The third kappa shape index (κ3) is 2.36. The Morgan fingerprint density at radius 1 is 1.25 bits per heavy atom. The summed E-state index contributed by atoms with van der Waals surface area (Å²) >= 11 is 0. The summed E-state index contributed by atoms with van der Waals surface area (Å²) in [4.78, 5) is 0. The minimum Gasteiger partial charge on any atom is -0.406 e. The molecule has 0 saturated carbocycles. The number of hydrogen-bond acceptors (Lipinski definition) is 6. The monoisotopic (exact) mass is 220 g/mol. The van der Waals surface area contributed by atoms with Crippen molar-refractivity contribution in [2.45, 2.75) is 13.2 Å². The van der Waals surface area contributed by atoms with E-state index >= 15 is 0 Å². The van der Waals surface area contributed by atoms with Gasteiger partial charge in [-0.15, -0.1) is 5.10 Å². The first-order chi connectivity index (χ1) is 7.81. The number of aliphatic hydroxyl groups excluding tert-OH is 1. The van der Waals surface area contributed by atoms with Crippen LogP contribution in [0.5, 0.6) is 0 Å². The molecule has 0 bridgehead atoms. The van der Waals surface area contributed by atoms with E-state index in [9.17, 15) is 0 Å². The summed E-state index contributed by atoms with van der Waals surface area (Å²) < 4.78 is 5.19. The molecule has 84 valence electrons. The number of nitrogens with zero attached hydrogens (tertiary/aromatic N) is 2.